The van der Waals surface area contributed by atoms with Crippen molar-refractivity contribution in [2.75, 3.05) is 11.9 Å². The molecule has 170 valence electrons. The monoisotopic (exact) mass is 435 g/mol. The summed E-state index contributed by atoms with van der Waals surface area (Å²) in [7, 11) is 0. The number of aromatic nitrogens is 3. The fourth-order valence-corrected chi connectivity index (χ4v) is 3.27. The maximum Gasteiger partial charge on any atom is 0.238 e. The lowest BCUT2D eigenvalue weighted by Crippen LogP contribution is -2.29. The molecule has 3 rings (SSSR count). The van der Waals surface area contributed by atoms with Crippen LogP contribution >= 0.6 is 0 Å². The zero-order valence-electron chi connectivity index (χ0n) is 19.0. The topological polar surface area (TPSA) is 96.9 Å². The molecular weight excluding hydrogens is 402 g/mol. The van der Waals surface area contributed by atoms with Gasteiger partial charge in [0.15, 0.2) is 5.78 Å². The summed E-state index contributed by atoms with van der Waals surface area (Å²) < 4.78 is 0. The molecule has 0 aliphatic heterocycles. The maximum absolute atomic E-state index is 12.7. The van der Waals surface area contributed by atoms with Crippen LogP contribution < -0.4 is 10.6 Å². The maximum atomic E-state index is 12.7. The number of ketones is 1. The molecule has 0 atom stereocenters. The van der Waals surface area contributed by atoms with Gasteiger partial charge in [-0.2, -0.15) is 10.2 Å². The Morgan fingerprint density at radius 1 is 1.09 bits per heavy atom. The molecule has 7 nitrogen and oxygen atoms in total. The SMILES string of the molecule is CCc1cccc(-c2cnc(C(=O)C(C)C)c(NC(=O)CNCc3cc(C)cnn3)c2)c1.[HH].[HH]. The molecule has 0 saturated carbocycles. The molecule has 0 fully saturated rings. The normalized spacial score (nSPS) is 10.9. The molecule has 32 heavy (non-hydrogen) atoms. The molecule has 0 bridgehead atoms. The molecule has 3 aromatic rings. The van der Waals surface area contributed by atoms with E-state index in [-0.39, 0.29) is 32.7 Å². The summed E-state index contributed by atoms with van der Waals surface area (Å²) >= 11 is 0. The first-order chi connectivity index (χ1) is 15.4. The Kier molecular flexibility index (Phi) is 7.78. The van der Waals surface area contributed by atoms with Crippen molar-refractivity contribution in [1.29, 1.82) is 0 Å². The summed E-state index contributed by atoms with van der Waals surface area (Å²) in [5, 5.41) is 13.9. The number of pyridine rings is 1. The first kappa shape index (κ1) is 23.2. The molecule has 0 unspecified atom stereocenters. The van der Waals surface area contributed by atoms with Crippen LogP contribution in [0.5, 0.6) is 0 Å². The predicted molar refractivity (Wildman–Crippen MR) is 130 cm³/mol. The van der Waals surface area contributed by atoms with Gasteiger partial charge in [-0.1, -0.05) is 45.0 Å². The smallest absolute Gasteiger partial charge is 0.238 e. The first-order valence-corrected chi connectivity index (χ1v) is 10.8. The van der Waals surface area contributed by atoms with Gasteiger partial charge < -0.3 is 10.6 Å². The van der Waals surface area contributed by atoms with Crippen LogP contribution in [0.15, 0.2) is 48.8 Å². The number of anilines is 1. The number of rotatable bonds is 9. The highest BCUT2D eigenvalue weighted by atomic mass is 16.2. The zero-order valence-corrected chi connectivity index (χ0v) is 19.0. The van der Waals surface area contributed by atoms with E-state index in [9.17, 15) is 9.59 Å². The highest BCUT2D eigenvalue weighted by molar-refractivity contribution is 6.05. The van der Waals surface area contributed by atoms with E-state index in [0.29, 0.717) is 12.2 Å². The van der Waals surface area contributed by atoms with E-state index < -0.39 is 0 Å². The van der Waals surface area contributed by atoms with E-state index in [0.717, 1.165) is 28.8 Å². The van der Waals surface area contributed by atoms with E-state index >= 15 is 0 Å². The van der Waals surface area contributed by atoms with Crippen LogP contribution in [-0.2, 0) is 17.8 Å². The van der Waals surface area contributed by atoms with Gasteiger partial charge in [0.05, 0.1) is 24.1 Å². The summed E-state index contributed by atoms with van der Waals surface area (Å²) in [6, 6.07) is 11.9. The van der Waals surface area contributed by atoms with E-state index in [2.05, 4.69) is 44.9 Å². The van der Waals surface area contributed by atoms with Crippen LogP contribution in [0, 0.1) is 12.8 Å². The van der Waals surface area contributed by atoms with Gasteiger partial charge in [0.2, 0.25) is 5.91 Å². The molecule has 0 radical (unpaired) electrons. The molecule has 1 amide bonds. The third kappa shape index (κ3) is 6.04. The Balaban J connectivity index is 0.00000289. The highest BCUT2D eigenvalue weighted by Crippen LogP contribution is 2.26. The Labute approximate surface area is 191 Å². The minimum atomic E-state index is -0.260. The van der Waals surface area contributed by atoms with E-state index in [1.807, 2.05) is 45.0 Å². The number of nitrogens with one attached hydrogen (secondary N) is 2. The molecule has 0 aliphatic carbocycles. The largest absolute Gasteiger partial charge is 0.323 e. The Morgan fingerprint density at radius 3 is 2.62 bits per heavy atom. The summed E-state index contributed by atoms with van der Waals surface area (Å²) in [6.45, 7) is 8.16. The minimum absolute atomic E-state index is 0. The van der Waals surface area contributed by atoms with Crippen LogP contribution in [0.25, 0.3) is 11.1 Å². The molecule has 0 aliphatic rings. The van der Waals surface area contributed by atoms with Crippen LogP contribution in [0.2, 0.25) is 0 Å². The van der Waals surface area contributed by atoms with E-state index in [4.69, 9.17) is 0 Å². The quantitative estimate of drug-likeness (QED) is 0.482. The molecule has 2 N–H and O–H groups in total. The number of carbonyl (C=O) groups is 2. The first-order valence-electron chi connectivity index (χ1n) is 10.8. The standard InChI is InChI=1S/C25H29N5O2.2H2/c1-5-18-7-6-8-19(10-18)20-11-22(24(27-13-20)25(32)16(2)3)29-23(31)15-26-14-21-9-17(4)12-28-30-21;;/h6-13,16,26H,5,14-15H2,1-4H3,(H,29,31);2*1H. The Morgan fingerprint density at radius 2 is 1.91 bits per heavy atom. The fourth-order valence-electron chi connectivity index (χ4n) is 3.27. The third-order valence-corrected chi connectivity index (χ3v) is 5.02. The number of benzene rings is 1. The van der Waals surface area contributed by atoms with E-state index in [1.165, 1.54) is 5.56 Å². The zero-order chi connectivity index (χ0) is 23.1. The second kappa shape index (κ2) is 10.7. The van der Waals surface area contributed by atoms with Gasteiger partial charge in [-0.3, -0.25) is 14.6 Å². The van der Waals surface area contributed by atoms with Crippen molar-refractivity contribution in [2.24, 2.45) is 5.92 Å². The number of carbonyl (C=O) groups excluding carboxylic acids is 2. The molecule has 0 spiro atoms. The van der Waals surface area contributed by atoms with Gasteiger partial charge in [-0.15, -0.1) is 0 Å². The van der Waals surface area contributed by atoms with E-state index in [1.54, 1.807) is 12.4 Å². The third-order valence-electron chi connectivity index (χ3n) is 5.02. The average Bonchev–Trinajstić information content (AvgIpc) is 2.78. The summed E-state index contributed by atoms with van der Waals surface area (Å²) in [5.74, 6) is -0.604. The number of hydrogen-bond acceptors (Lipinski definition) is 6. The lowest BCUT2D eigenvalue weighted by molar-refractivity contribution is -0.115. The Bertz CT molecular complexity index is 1120. The van der Waals surface area contributed by atoms with Crippen molar-refractivity contribution in [3.8, 4) is 11.1 Å². The molecule has 7 heteroatoms. The molecule has 1 aromatic carbocycles. The molecular formula is C25H33N5O2. The van der Waals surface area contributed by atoms with Crippen molar-refractivity contribution in [3.63, 3.8) is 0 Å². The Hall–Kier alpha value is -3.45. The van der Waals surface area contributed by atoms with Gasteiger partial charge in [0.25, 0.3) is 0 Å². The average molecular weight is 436 g/mol. The van der Waals surface area contributed by atoms with Gasteiger partial charge in [-0.25, -0.2) is 0 Å². The lowest BCUT2D eigenvalue weighted by Gasteiger charge is -2.14. The summed E-state index contributed by atoms with van der Waals surface area (Å²) in [6.07, 6.45) is 4.29. The van der Waals surface area contributed by atoms with Crippen LogP contribution in [0.1, 0.15) is 50.9 Å². The fraction of sp³-hybridized carbons (Fsp3) is 0.320. The minimum Gasteiger partial charge on any atom is -0.323 e. The van der Waals surface area contributed by atoms with Gasteiger partial charge in [0.1, 0.15) is 5.69 Å². The highest BCUT2D eigenvalue weighted by Gasteiger charge is 2.19. The van der Waals surface area contributed by atoms with Gasteiger partial charge in [0, 0.05) is 27.1 Å². The number of amides is 1. The van der Waals surface area contributed by atoms with Crippen LogP contribution in [0.3, 0.4) is 0 Å². The van der Waals surface area contributed by atoms with Gasteiger partial charge in [-0.05, 0) is 42.2 Å². The number of Topliss-reactive ketones (excluding diaryl/α,β-unsaturated/α-hetero) is 1. The van der Waals surface area contributed by atoms with Crippen LogP contribution in [0.4, 0.5) is 5.69 Å². The molecule has 2 heterocycles. The summed E-state index contributed by atoms with van der Waals surface area (Å²) in [4.78, 5) is 29.7. The summed E-state index contributed by atoms with van der Waals surface area (Å²) in [5.41, 5.74) is 5.50. The number of aryl methyl sites for hydroxylation is 2. The lowest BCUT2D eigenvalue weighted by atomic mass is 10.00. The van der Waals surface area contributed by atoms with Crippen molar-refractivity contribution < 1.29 is 12.4 Å². The van der Waals surface area contributed by atoms with Crippen LogP contribution in [-0.4, -0.2) is 33.4 Å². The second-order valence-corrected chi connectivity index (χ2v) is 8.07. The molecule has 0 saturated heterocycles. The predicted octanol–water partition coefficient (Wildman–Crippen LogP) is 4.47. The van der Waals surface area contributed by atoms with Gasteiger partial charge >= 0.3 is 0 Å². The van der Waals surface area contributed by atoms with Crippen molar-refractivity contribution in [2.45, 2.75) is 40.7 Å². The van der Waals surface area contributed by atoms with Crippen molar-refractivity contribution in [1.82, 2.24) is 20.5 Å². The number of nitrogens with zero attached hydrogens (tertiary/aromatic N) is 3. The van der Waals surface area contributed by atoms with Crippen molar-refractivity contribution >= 4 is 17.4 Å². The second-order valence-electron chi connectivity index (χ2n) is 8.07. The van der Waals surface area contributed by atoms with Crippen molar-refractivity contribution in [3.05, 3.63) is 71.3 Å². The molecule has 2 aromatic heterocycles. The number of hydrogen-bond donors (Lipinski definition) is 2.